The first-order chi connectivity index (χ1) is 15.5. The highest BCUT2D eigenvalue weighted by Gasteiger charge is 2.14. The maximum absolute atomic E-state index is 13.2. The summed E-state index contributed by atoms with van der Waals surface area (Å²) in [6, 6.07) is 22.7. The summed E-state index contributed by atoms with van der Waals surface area (Å²) in [7, 11) is 0. The molecule has 1 N–H and O–H groups in total. The number of hydrogen-bond donors (Lipinski definition) is 1. The molecule has 0 saturated carbocycles. The summed E-state index contributed by atoms with van der Waals surface area (Å²) in [5, 5.41) is 5.01. The smallest absolute Gasteiger partial charge is 0.266 e. The predicted octanol–water partition coefficient (Wildman–Crippen LogP) is 4.24. The maximum atomic E-state index is 13.2. The van der Waals surface area contributed by atoms with Gasteiger partial charge in [-0.25, -0.2) is 10.4 Å². The summed E-state index contributed by atoms with van der Waals surface area (Å²) in [5.41, 5.74) is 6.79. The fourth-order valence-corrected chi connectivity index (χ4v) is 4.03. The lowest BCUT2D eigenvalue weighted by Crippen LogP contribution is -2.24. The van der Waals surface area contributed by atoms with Crippen molar-refractivity contribution in [3.8, 4) is 5.69 Å². The quantitative estimate of drug-likeness (QED) is 0.210. The van der Waals surface area contributed by atoms with Crippen molar-refractivity contribution in [1.29, 1.82) is 0 Å². The van der Waals surface area contributed by atoms with Gasteiger partial charge in [-0.3, -0.25) is 14.2 Å². The van der Waals surface area contributed by atoms with Crippen LogP contribution in [0.15, 0.2) is 87.8 Å². The van der Waals surface area contributed by atoms with Crippen molar-refractivity contribution < 1.29 is 4.79 Å². The Balaban J connectivity index is 1.56. The monoisotopic (exact) mass is 442 g/mol. The van der Waals surface area contributed by atoms with E-state index in [0.29, 0.717) is 21.7 Å². The van der Waals surface area contributed by atoms with E-state index in [1.165, 1.54) is 11.8 Å². The van der Waals surface area contributed by atoms with E-state index in [1.807, 2.05) is 74.5 Å². The minimum atomic E-state index is -0.281. The molecule has 6 nitrogen and oxygen atoms in total. The first kappa shape index (κ1) is 21.5. The Labute approximate surface area is 190 Å². The number of benzene rings is 3. The lowest BCUT2D eigenvalue weighted by Gasteiger charge is -2.13. The van der Waals surface area contributed by atoms with Crippen molar-refractivity contribution in [3.05, 3.63) is 99.8 Å². The van der Waals surface area contributed by atoms with Crippen molar-refractivity contribution in [3.63, 3.8) is 0 Å². The van der Waals surface area contributed by atoms with Gasteiger partial charge in [-0.1, -0.05) is 71.4 Å². The molecule has 4 rings (SSSR count). The van der Waals surface area contributed by atoms with E-state index < -0.39 is 0 Å². The van der Waals surface area contributed by atoms with E-state index >= 15 is 0 Å². The van der Waals surface area contributed by atoms with Gasteiger partial charge in [0, 0.05) is 0 Å². The van der Waals surface area contributed by atoms with Crippen LogP contribution in [0.3, 0.4) is 0 Å². The molecule has 4 aromatic rings. The first-order valence-corrected chi connectivity index (χ1v) is 11.1. The number of amides is 1. The molecule has 0 aliphatic heterocycles. The van der Waals surface area contributed by atoms with E-state index in [4.69, 9.17) is 0 Å². The fourth-order valence-electron chi connectivity index (χ4n) is 3.22. The molecule has 1 heterocycles. The summed E-state index contributed by atoms with van der Waals surface area (Å²) in [4.78, 5) is 30.2. The minimum absolute atomic E-state index is 0.0712. The standard InChI is InChI=1S/C25H22N4O2S/c1-17-10-12-20(13-11-17)29-24(31)21-8-3-4-9-22(21)27-25(29)32-16-23(30)28-26-15-19-7-5-6-18(2)14-19/h3-15H,16H2,1-2H3,(H,28,30). The lowest BCUT2D eigenvalue weighted by atomic mass is 10.2. The van der Waals surface area contributed by atoms with Crippen LogP contribution in [0.2, 0.25) is 0 Å². The number of hydrogen-bond acceptors (Lipinski definition) is 5. The highest BCUT2D eigenvalue weighted by Crippen LogP contribution is 2.21. The zero-order valence-electron chi connectivity index (χ0n) is 17.8. The predicted molar refractivity (Wildman–Crippen MR) is 130 cm³/mol. The van der Waals surface area contributed by atoms with Crippen LogP contribution >= 0.6 is 11.8 Å². The van der Waals surface area contributed by atoms with Gasteiger partial charge in [-0.05, 0) is 43.7 Å². The second-order valence-electron chi connectivity index (χ2n) is 7.38. The molecule has 0 spiro atoms. The number of nitrogens with one attached hydrogen (secondary N) is 1. The Hall–Kier alpha value is -3.71. The molecule has 0 bridgehead atoms. The van der Waals surface area contributed by atoms with Gasteiger partial charge in [-0.2, -0.15) is 5.10 Å². The van der Waals surface area contributed by atoms with Gasteiger partial charge in [0.05, 0.1) is 28.6 Å². The third kappa shape index (κ3) is 4.95. The van der Waals surface area contributed by atoms with Crippen molar-refractivity contribution >= 4 is 34.8 Å². The summed E-state index contributed by atoms with van der Waals surface area (Å²) in [6.45, 7) is 3.99. The number of carbonyl (C=O) groups is 1. The van der Waals surface area contributed by atoms with Crippen LogP contribution in [0.1, 0.15) is 16.7 Å². The molecule has 0 fully saturated rings. The molecule has 1 aromatic heterocycles. The molecule has 3 aromatic carbocycles. The van der Waals surface area contributed by atoms with Crippen molar-refractivity contribution in [2.24, 2.45) is 5.10 Å². The second-order valence-corrected chi connectivity index (χ2v) is 8.33. The highest BCUT2D eigenvalue weighted by molar-refractivity contribution is 7.99. The van der Waals surface area contributed by atoms with Crippen molar-refractivity contribution in [2.45, 2.75) is 19.0 Å². The number of hydrazone groups is 1. The van der Waals surface area contributed by atoms with Gasteiger partial charge in [0.25, 0.3) is 11.5 Å². The van der Waals surface area contributed by atoms with Crippen LogP contribution in [0.5, 0.6) is 0 Å². The average Bonchev–Trinajstić information content (AvgIpc) is 2.79. The maximum Gasteiger partial charge on any atom is 0.266 e. The minimum Gasteiger partial charge on any atom is -0.272 e. The molecule has 0 radical (unpaired) electrons. The molecule has 7 heteroatoms. The summed E-state index contributed by atoms with van der Waals surface area (Å²) < 4.78 is 1.55. The van der Waals surface area contributed by atoms with Gasteiger partial charge in [-0.15, -0.1) is 0 Å². The number of fused-ring (bicyclic) bond motifs is 1. The number of nitrogens with zero attached hydrogens (tertiary/aromatic N) is 3. The topological polar surface area (TPSA) is 76.3 Å². The summed E-state index contributed by atoms with van der Waals surface area (Å²) in [5.74, 6) is -0.210. The molecule has 0 aliphatic rings. The van der Waals surface area contributed by atoms with Crippen LogP contribution < -0.4 is 11.0 Å². The van der Waals surface area contributed by atoms with Crippen LogP contribution in [0, 0.1) is 13.8 Å². The van der Waals surface area contributed by atoms with Crippen LogP contribution in [-0.4, -0.2) is 27.4 Å². The zero-order chi connectivity index (χ0) is 22.5. The van der Waals surface area contributed by atoms with Gasteiger partial charge < -0.3 is 0 Å². The molecule has 160 valence electrons. The Morgan fingerprint density at radius 1 is 1.03 bits per heavy atom. The van der Waals surface area contributed by atoms with E-state index in [9.17, 15) is 9.59 Å². The zero-order valence-corrected chi connectivity index (χ0v) is 18.6. The average molecular weight is 443 g/mol. The molecule has 0 aliphatic carbocycles. The molecular formula is C25H22N4O2S. The largest absolute Gasteiger partial charge is 0.272 e. The number of thioether (sulfide) groups is 1. The van der Waals surface area contributed by atoms with Gasteiger partial charge in [0.2, 0.25) is 0 Å². The summed E-state index contributed by atoms with van der Waals surface area (Å²) >= 11 is 1.20. The molecule has 0 atom stereocenters. The summed E-state index contributed by atoms with van der Waals surface area (Å²) in [6.07, 6.45) is 1.60. The Kier molecular flexibility index (Phi) is 6.47. The number of aromatic nitrogens is 2. The number of aryl methyl sites for hydroxylation is 2. The Morgan fingerprint density at radius 3 is 2.59 bits per heavy atom. The van der Waals surface area contributed by atoms with Crippen LogP contribution in [0.4, 0.5) is 0 Å². The van der Waals surface area contributed by atoms with Gasteiger partial charge >= 0.3 is 0 Å². The van der Waals surface area contributed by atoms with Crippen molar-refractivity contribution in [2.75, 3.05) is 5.75 Å². The number of rotatable bonds is 6. The van der Waals surface area contributed by atoms with Gasteiger partial charge in [0.1, 0.15) is 0 Å². The number of carbonyl (C=O) groups excluding carboxylic acids is 1. The third-order valence-electron chi connectivity index (χ3n) is 4.81. The number of para-hydroxylation sites is 1. The first-order valence-electron chi connectivity index (χ1n) is 10.1. The van der Waals surface area contributed by atoms with Gasteiger partial charge in [0.15, 0.2) is 5.16 Å². The van der Waals surface area contributed by atoms with Crippen LogP contribution in [0.25, 0.3) is 16.6 Å². The molecule has 0 saturated heterocycles. The molecule has 0 unspecified atom stereocenters. The molecular weight excluding hydrogens is 420 g/mol. The molecule has 32 heavy (non-hydrogen) atoms. The van der Waals surface area contributed by atoms with E-state index in [2.05, 4.69) is 15.5 Å². The lowest BCUT2D eigenvalue weighted by molar-refractivity contribution is -0.118. The van der Waals surface area contributed by atoms with E-state index in [-0.39, 0.29) is 17.2 Å². The third-order valence-corrected chi connectivity index (χ3v) is 5.75. The second kappa shape index (κ2) is 9.62. The van der Waals surface area contributed by atoms with Crippen LogP contribution in [-0.2, 0) is 4.79 Å². The molecule has 1 amide bonds. The highest BCUT2D eigenvalue weighted by atomic mass is 32.2. The van der Waals surface area contributed by atoms with E-state index in [0.717, 1.165) is 16.7 Å². The van der Waals surface area contributed by atoms with E-state index in [1.54, 1.807) is 22.9 Å². The Bertz CT molecular complexity index is 1360. The SMILES string of the molecule is Cc1ccc(-n2c(SCC(=O)NN=Cc3cccc(C)c3)nc3ccccc3c2=O)cc1. The normalized spacial score (nSPS) is 11.2. The Morgan fingerprint density at radius 2 is 1.81 bits per heavy atom. The fraction of sp³-hybridized carbons (Fsp3) is 0.120. The van der Waals surface area contributed by atoms with Crippen molar-refractivity contribution in [1.82, 2.24) is 15.0 Å².